The number of phenolic OH excluding ortho intramolecular Hbond substituents is 1. The minimum Gasteiger partial charge on any atom is -0.508 e. The van der Waals surface area contributed by atoms with Crippen LogP contribution in [-0.4, -0.2) is 21.7 Å². The monoisotopic (exact) mass is 370 g/mol. The van der Waals surface area contributed by atoms with Gasteiger partial charge in [-0.25, -0.2) is 0 Å². The number of anilines is 1. The van der Waals surface area contributed by atoms with Crippen molar-refractivity contribution in [1.29, 1.82) is 0 Å². The molecule has 2 N–H and O–H groups in total. The summed E-state index contributed by atoms with van der Waals surface area (Å²) in [4.78, 5) is 0. The molecule has 0 amide bonds. The molecule has 5 heteroatoms. The van der Waals surface area contributed by atoms with Crippen molar-refractivity contribution >= 4 is 33.2 Å². The van der Waals surface area contributed by atoms with Crippen LogP contribution in [0.15, 0.2) is 72.9 Å². The lowest BCUT2D eigenvalue weighted by molar-refractivity contribution is 0.359. The summed E-state index contributed by atoms with van der Waals surface area (Å²) < 4.78 is 2.36. The first-order valence-electron chi connectivity index (χ1n) is 9.47. The molecule has 28 heavy (non-hydrogen) atoms. The summed E-state index contributed by atoms with van der Waals surface area (Å²) in [6.45, 7) is 3.12. The summed E-state index contributed by atoms with van der Waals surface area (Å²) in [5.74, 6) is 0.268. The number of para-hydroxylation sites is 1. The Balaban J connectivity index is 1.65. The van der Waals surface area contributed by atoms with E-state index < -0.39 is 0 Å². The normalized spacial score (nSPS) is 14.3. The number of aryl methyl sites for hydroxylation is 1. The van der Waals surface area contributed by atoms with Crippen LogP contribution in [0.5, 0.6) is 5.75 Å². The highest BCUT2D eigenvalue weighted by molar-refractivity contribution is 6.09. The van der Waals surface area contributed by atoms with Crippen molar-refractivity contribution in [3.8, 4) is 5.75 Å². The van der Waals surface area contributed by atoms with Gasteiger partial charge in [-0.15, -0.1) is 5.53 Å². The summed E-state index contributed by atoms with van der Waals surface area (Å²) in [5, 5.41) is 16.1. The largest absolute Gasteiger partial charge is 0.508 e. The third kappa shape index (κ3) is 2.52. The first-order valence-corrected chi connectivity index (χ1v) is 9.47. The highest BCUT2D eigenvalue weighted by Gasteiger charge is 2.22. The maximum atomic E-state index is 9.62. The molecule has 0 fully saturated rings. The summed E-state index contributed by atoms with van der Waals surface area (Å²) in [6, 6.07) is 22.4. The van der Waals surface area contributed by atoms with E-state index >= 15 is 0 Å². The lowest BCUT2D eigenvalue weighted by Crippen LogP contribution is -2.38. The van der Waals surface area contributed by atoms with Gasteiger partial charge in [-0.1, -0.05) is 18.2 Å². The molecule has 1 aliphatic rings. The van der Waals surface area contributed by atoms with Crippen LogP contribution in [0.25, 0.3) is 27.5 Å². The Labute approximate surface area is 163 Å². The van der Waals surface area contributed by atoms with Gasteiger partial charge in [0.15, 0.2) is 0 Å². The van der Waals surface area contributed by atoms with Crippen molar-refractivity contribution in [2.24, 2.45) is 0 Å². The summed E-state index contributed by atoms with van der Waals surface area (Å²) in [5.41, 5.74) is 9.01. The highest BCUT2D eigenvalue weighted by Crippen LogP contribution is 2.35. The number of nitrogens with zero attached hydrogens (tertiary/aromatic N) is 3. The predicted molar refractivity (Wildman–Crippen MR) is 115 cm³/mol. The van der Waals surface area contributed by atoms with E-state index in [2.05, 4.69) is 64.5 Å². The van der Waals surface area contributed by atoms with Crippen molar-refractivity contribution < 1.29 is 5.11 Å². The van der Waals surface area contributed by atoms with E-state index in [0.717, 1.165) is 23.5 Å². The van der Waals surface area contributed by atoms with E-state index in [9.17, 15) is 5.11 Å². The van der Waals surface area contributed by atoms with Gasteiger partial charge in [0, 0.05) is 47.2 Å². The number of fused-ring (bicyclic) bond motifs is 3. The molecule has 5 nitrogen and oxygen atoms in total. The van der Waals surface area contributed by atoms with Crippen LogP contribution in [0.3, 0.4) is 0 Å². The second-order valence-electron chi connectivity index (χ2n) is 7.07. The molecule has 0 unspecified atom stereocenters. The second kappa shape index (κ2) is 6.32. The maximum absolute atomic E-state index is 9.62. The second-order valence-corrected chi connectivity index (χ2v) is 7.07. The van der Waals surface area contributed by atoms with Gasteiger partial charge in [0.05, 0.1) is 11.4 Å². The van der Waals surface area contributed by atoms with Crippen molar-refractivity contribution in [1.82, 2.24) is 15.1 Å². The minimum atomic E-state index is 0.268. The maximum Gasteiger partial charge on any atom is 0.115 e. The number of phenols is 1. The minimum absolute atomic E-state index is 0.268. The van der Waals surface area contributed by atoms with E-state index in [-0.39, 0.29) is 5.75 Å². The van der Waals surface area contributed by atoms with E-state index in [1.54, 1.807) is 12.1 Å². The standard InChI is InChI=1S/C23H22N4O/c1-3-26-21-7-5-4-6-19(21)20-14-17(10-13-22(20)26)27-23(15-25(2)24-27)16-8-11-18(28)12-9-16/h4-15,24,28H,3H2,1-2H3. The number of benzene rings is 3. The smallest absolute Gasteiger partial charge is 0.115 e. The number of aromatic hydroxyl groups is 1. The molecule has 0 bridgehead atoms. The first-order chi connectivity index (χ1) is 13.7. The Hall–Kier alpha value is -3.44. The number of nitrogens with one attached hydrogen (secondary N) is 1. The Morgan fingerprint density at radius 1 is 0.893 bits per heavy atom. The molecule has 2 heterocycles. The Morgan fingerprint density at radius 2 is 1.64 bits per heavy atom. The number of hydrogen-bond donors (Lipinski definition) is 2. The lowest BCUT2D eigenvalue weighted by atomic mass is 10.1. The number of hydrogen-bond acceptors (Lipinski definition) is 4. The van der Waals surface area contributed by atoms with Crippen molar-refractivity contribution in [3.63, 3.8) is 0 Å². The summed E-state index contributed by atoms with van der Waals surface area (Å²) in [7, 11) is 1.97. The van der Waals surface area contributed by atoms with E-state index in [4.69, 9.17) is 0 Å². The van der Waals surface area contributed by atoms with Crippen LogP contribution in [0, 0.1) is 0 Å². The topological polar surface area (TPSA) is 43.7 Å². The average molecular weight is 370 g/mol. The fourth-order valence-electron chi connectivity index (χ4n) is 4.04. The molecule has 0 aliphatic carbocycles. The highest BCUT2D eigenvalue weighted by atomic mass is 16.3. The molecular formula is C23H22N4O. The zero-order chi connectivity index (χ0) is 19.3. The van der Waals surface area contributed by atoms with Gasteiger partial charge in [0.1, 0.15) is 5.75 Å². The molecule has 4 aromatic rings. The third-order valence-electron chi connectivity index (χ3n) is 5.31. The fourth-order valence-corrected chi connectivity index (χ4v) is 4.04. The van der Waals surface area contributed by atoms with E-state index in [1.165, 1.54) is 21.8 Å². The van der Waals surface area contributed by atoms with Crippen LogP contribution in [0.4, 0.5) is 5.69 Å². The van der Waals surface area contributed by atoms with Gasteiger partial charge >= 0.3 is 0 Å². The van der Waals surface area contributed by atoms with Crippen LogP contribution in [0.2, 0.25) is 0 Å². The van der Waals surface area contributed by atoms with Crippen LogP contribution >= 0.6 is 0 Å². The third-order valence-corrected chi connectivity index (χ3v) is 5.31. The molecule has 1 aromatic heterocycles. The average Bonchev–Trinajstić information content (AvgIpc) is 3.26. The van der Waals surface area contributed by atoms with Crippen LogP contribution < -0.4 is 10.5 Å². The number of hydrazine groups is 2. The zero-order valence-electron chi connectivity index (χ0n) is 15.9. The zero-order valence-corrected chi connectivity index (χ0v) is 15.9. The summed E-state index contributed by atoms with van der Waals surface area (Å²) in [6.07, 6.45) is 2.05. The quantitative estimate of drug-likeness (QED) is 0.549. The van der Waals surface area contributed by atoms with Gasteiger partial charge in [-0.05, 0) is 55.5 Å². The van der Waals surface area contributed by atoms with Crippen molar-refractivity contribution in [2.45, 2.75) is 13.5 Å². The van der Waals surface area contributed by atoms with Gasteiger partial charge in [0.25, 0.3) is 0 Å². The number of aromatic nitrogens is 1. The molecular weight excluding hydrogens is 348 g/mol. The van der Waals surface area contributed by atoms with Crippen molar-refractivity contribution in [3.05, 3.63) is 78.5 Å². The molecule has 0 saturated carbocycles. The molecule has 0 spiro atoms. The summed E-state index contributed by atoms with van der Waals surface area (Å²) >= 11 is 0. The van der Waals surface area contributed by atoms with Crippen molar-refractivity contribution in [2.75, 3.05) is 12.1 Å². The molecule has 3 aromatic carbocycles. The van der Waals surface area contributed by atoms with Gasteiger partial charge in [0.2, 0.25) is 0 Å². The van der Waals surface area contributed by atoms with E-state index in [0.29, 0.717) is 0 Å². The Bertz CT molecular complexity index is 1210. The molecule has 0 saturated heterocycles. The Kier molecular flexibility index (Phi) is 3.77. The van der Waals surface area contributed by atoms with Gasteiger partial charge in [-0.3, -0.25) is 10.0 Å². The Morgan fingerprint density at radius 3 is 2.43 bits per heavy atom. The van der Waals surface area contributed by atoms with Crippen LogP contribution in [-0.2, 0) is 6.54 Å². The van der Waals surface area contributed by atoms with Gasteiger partial charge < -0.3 is 9.67 Å². The van der Waals surface area contributed by atoms with Gasteiger partial charge in [-0.2, -0.15) is 0 Å². The first kappa shape index (κ1) is 16.7. The molecule has 1 aliphatic heterocycles. The van der Waals surface area contributed by atoms with Crippen LogP contribution in [0.1, 0.15) is 12.5 Å². The number of rotatable bonds is 3. The van der Waals surface area contributed by atoms with E-state index in [1.807, 2.05) is 30.4 Å². The molecule has 5 rings (SSSR count). The lowest BCUT2D eigenvalue weighted by Gasteiger charge is -2.23. The predicted octanol–water partition coefficient (Wildman–Crippen LogP) is 4.69. The fraction of sp³-hybridized carbons (Fsp3) is 0.130. The SMILES string of the molecule is CCn1c2ccccc2c2cc(N3NN(C)C=C3c3ccc(O)cc3)ccc21. The molecule has 140 valence electrons. The molecule has 0 atom stereocenters. The molecule has 0 radical (unpaired) electrons.